The lowest BCUT2D eigenvalue weighted by Crippen LogP contribution is -2.14. The van der Waals surface area contributed by atoms with Crippen molar-refractivity contribution in [3.63, 3.8) is 0 Å². The molecule has 1 atom stereocenters. The lowest BCUT2D eigenvalue weighted by atomic mass is 10.4. The molecule has 0 bridgehead atoms. The zero-order chi connectivity index (χ0) is 7.70. The second-order valence-corrected chi connectivity index (χ2v) is 1.81. The molecule has 0 amide bonds. The van der Waals surface area contributed by atoms with Crippen LogP contribution in [0.1, 0.15) is 20.3 Å². The maximum absolute atomic E-state index is 8.24. The molecule has 9 heavy (non-hydrogen) atoms. The summed E-state index contributed by atoms with van der Waals surface area (Å²) in [5.41, 5.74) is 4.92. The Morgan fingerprint density at radius 1 is 1.56 bits per heavy atom. The Bertz CT molecular complexity index is 38.0. The molecule has 58 valence electrons. The summed E-state index contributed by atoms with van der Waals surface area (Å²) in [7, 11) is 0. The van der Waals surface area contributed by atoms with E-state index in [2.05, 4.69) is 0 Å². The van der Waals surface area contributed by atoms with Crippen molar-refractivity contribution in [1.82, 2.24) is 0 Å². The minimum atomic E-state index is -0.338. The van der Waals surface area contributed by atoms with Gasteiger partial charge >= 0.3 is 0 Å². The minimum Gasteiger partial charge on any atom is -0.396 e. The number of nitrogens with two attached hydrogens (primary N) is 1. The third-order valence-corrected chi connectivity index (χ3v) is 0.565. The van der Waals surface area contributed by atoms with Gasteiger partial charge in [-0.05, 0) is 13.3 Å². The fourth-order valence-electron chi connectivity index (χ4n) is 0. The van der Waals surface area contributed by atoms with E-state index in [1.165, 1.54) is 0 Å². The van der Waals surface area contributed by atoms with Crippen LogP contribution in [0.3, 0.4) is 0 Å². The fraction of sp³-hybridized carbons (Fsp3) is 1.00. The smallest absolute Gasteiger partial charge is 0.0634 e. The second kappa shape index (κ2) is 10.8. The van der Waals surface area contributed by atoms with Crippen molar-refractivity contribution < 1.29 is 10.2 Å². The quantitative estimate of drug-likeness (QED) is 0.487. The van der Waals surface area contributed by atoms with Crippen molar-refractivity contribution >= 4 is 0 Å². The van der Waals surface area contributed by atoms with E-state index in [0.717, 1.165) is 6.42 Å². The Balaban J connectivity index is 0. The summed E-state index contributed by atoms with van der Waals surface area (Å²) in [4.78, 5) is 0. The molecule has 1 unspecified atom stereocenters. The van der Waals surface area contributed by atoms with Gasteiger partial charge in [0.05, 0.1) is 6.10 Å². The van der Waals surface area contributed by atoms with Crippen LogP contribution in [0.5, 0.6) is 0 Å². The van der Waals surface area contributed by atoms with E-state index in [1.54, 1.807) is 6.92 Å². The van der Waals surface area contributed by atoms with Gasteiger partial charge in [0.1, 0.15) is 0 Å². The minimum absolute atomic E-state index is 0.319. The summed E-state index contributed by atoms with van der Waals surface area (Å²) >= 11 is 0. The van der Waals surface area contributed by atoms with Gasteiger partial charge in [-0.2, -0.15) is 0 Å². The standard InChI is InChI=1S/C3H9NO.C3H8O/c1-3(5)2-4;1-2-3-4/h3,5H,2,4H2,1H3;4H,2-3H2,1H3. The lowest BCUT2D eigenvalue weighted by molar-refractivity contribution is 0.203. The summed E-state index contributed by atoms with van der Waals surface area (Å²) in [5.74, 6) is 0. The molecule has 0 aliphatic rings. The molecule has 0 aliphatic heterocycles. The van der Waals surface area contributed by atoms with Crippen LogP contribution in [-0.4, -0.2) is 29.5 Å². The highest BCUT2D eigenvalue weighted by Gasteiger charge is 1.81. The molecule has 0 radical (unpaired) electrons. The van der Waals surface area contributed by atoms with Crippen molar-refractivity contribution in [2.75, 3.05) is 13.2 Å². The highest BCUT2D eigenvalue weighted by Crippen LogP contribution is 1.65. The van der Waals surface area contributed by atoms with Crippen LogP contribution < -0.4 is 5.73 Å². The van der Waals surface area contributed by atoms with E-state index >= 15 is 0 Å². The molecular formula is C6H17NO2. The maximum Gasteiger partial charge on any atom is 0.0634 e. The zero-order valence-electron chi connectivity index (χ0n) is 6.17. The lowest BCUT2D eigenvalue weighted by Gasteiger charge is -1.91. The van der Waals surface area contributed by atoms with Crippen LogP contribution in [-0.2, 0) is 0 Å². The van der Waals surface area contributed by atoms with E-state index in [1.807, 2.05) is 6.92 Å². The molecule has 0 heterocycles. The number of hydrogen-bond donors (Lipinski definition) is 3. The highest BCUT2D eigenvalue weighted by atomic mass is 16.3. The summed E-state index contributed by atoms with van der Waals surface area (Å²) in [6, 6.07) is 0. The molecule has 0 rings (SSSR count). The summed E-state index contributed by atoms with van der Waals surface area (Å²) in [5, 5.41) is 16.1. The first kappa shape index (κ1) is 11.6. The monoisotopic (exact) mass is 135 g/mol. The molecular weight excluding hydrogens is 118 g/mol. The van der Waals surface area contributed by atoms with Gasteiger partial charge in [-0.3, -0.25) is 0 Å². The Kier molecular flexibility index (Phi) is 14.0. The van der Waals surface area contributed by atoms with E-state index in [4.69, 9.17) is 15.9 Å². The molecule has 0 spiro atoms. The molecule has 0 saturated heterocycles. The average Bonchev–Trinajstić information content (AvgIpc) is 1.89. The van der Waals surface area contributed by atoms with E-state index in [9.17, 15) is 0 Å². The van der Waals surface area contributed by atoms with E-state index in [-0.39, 0.29) is 6.10 Å². The first-order chi connectivity index (χ1) is 4.18. The largest absolute Gasteiger partial charge is 0.396 e. The van der Waals surface area contributed by atoms with Crippen LogP contribution in [0.4, 0.5) is 0 Å². The van der Waals surface area contributed by atoms with Crippen LogP contribution in [0.15, 0.2) is 0 Å². The van der Waals surface area contributed by atoms with Crippen LogP contribution >= 0.6 is 0 Å². The van der Waals surface area contributed by atoms with Crippen molar-refractivity contribution in [2.24, 2.45) is 5.73 Å². The topological polar surface area (TPSA) is 66.5 Å². The molecule has 0 aliphatic carbocycles. The summed E-state index contributed by atoms with van der Waals surface area (Å²) in [6.07, 6.45) is 0.537. The van der Waals surface area contributed by atoms with Crippen molar-refractivity contribution in [3.05, 3.63) is 0 Å². The van der Waals surface area contributed by atoms with Gasteiger partial charge in [-0.1, -0.05) is 6.92 Å². The third-order valence-electron chi connectivity index (χ3n) is 0.565. The van der Waals surface area contributed by atoms with E-state index in [0.29, 0.717) is 13.2 Å². The van der Waals surface area contributed by atoms with Gasteiger partial charge in [0.2, 0.25) is 0 Å². The van der Waals surface area contributed by atoms with Crippen LogP contribution in [0, 0.1) is 0 Å². The second-order valence-electron chi connectivity index (χ2n) is 1.81. The number of hydrogen-bond acceptors (Lipinski definition) is 3. The Morgan fingerprint density at radius 2 is 1.78 bits per heavy atom. The SMILES string of the molecule is CC(O)CN.CCCO. The highest BCUT2D eigenvalue weighted by molar-refractivity contribution is 4.40. The molecule has 3 nitrogen and oxygen atoms in total. The van der Waals surface area contributed by atoms with Gasteiger partial charge in [0.25, 0.3) is 0 Å². The summed E-state index contributed by atoms with van der Waals surface area (Å²) in [6.45, 7) is 4.26. The molecule has 0 aromatic carbocycles. The first-order valence-corrected chi connectivity index (χ1v) is 3.18. The van der Waals surface area contributed by atoms with Gasteiger partial charge in [0.15, 0.2) is 0 Å². The Labute approximate surface area is 56.5 Å². The van der Waals surface area contributed by atoms with Gasteiger partial charge < -0.3 is 15.9 Å². The first-order valence-electron chi connectivity index (χ1n) is 3.18. The summed E-state index contributed by atoms with van der Waals surface area (Å²) < 4.78 is 0. The molecule has 0 aromatic rings. The molecule has 4 N–H and O–H groups in total. The molecule has 0 aromatic heterocycles. The maximum atomic E-state index is 8.24. The van der Waals surface area contributed by atoms with E-state index < -0.39 is 0 Å². The van der Waals surface area contributed by atoms with Crippen LogP contribution in [0.25, 0.3) is 0 Å². The molecule has 0 saturated carbocycles. The Morgan fingerprint density at radius 3 is 1.78 bits per heavy atom. The number of aliphatic hydroxyl groups excluding tert-OH is 2. The van der Waals surface area contributed by atoms with Crippen molar-refractivity contribution in [2.45, 2.75) is 26.4 Å². The van der Waals surface area contributed by atoms with Crippen molar-refractivity contribution in [1.29, 1.82) is 0 Å². The predicted octanol–water partition coefficient (Wildman–Crippen LogP) is -0.285. The zero-order valence-corrected chi connectivity index (χ0v) is 6.17. The van der Waals surface area contributed by atoms with Gasteiger partial charge in [-0.15, -0.1) is 0 Å². The average molecular weight is 135 g/mol. The Hall–Kier alpha value is -0.120. The fourth-order valence-corrected chi connectivity index (χ4v) is 0. The van der Waals surface area contributed by atoms with Crippen molar-refractivity contribution in [3.8, 4) is 0 Å². The molecule has 3 heteroatoms. The normalized spacial score (nSPS) is 11.7. The predicted molar refractivity (Wildman–Crippen MR) is 38.1 cm³/mol. The van der Waals surface area contributed by atoms with Gasteiger partial charge in [-0.25, -0.2) is 0 Å². The third kappa shape index (κ3) is 32.8. The number of aliphatic hydroxyl groups is 2. The van der Waals surface area contributed by atoms with Crippen LogP contribution in [0.2, 0.25) is 0 Å². The number of rotatable bonds is 2. The molecule has 0 fully saturated rings. The van der Waals surface area contributed by atoms with Gasteiger partial charge in [0, 0.05) is 13.2 Å².